The van der Waals surface area contributed by atoms with E-state index in [0.29, 0.717) is 26.0 Å². The Labute approximate surface area is 173 Å². The Morgan fingerprint density at radius 1 is 0.929 bits per heavy atom. The third-order valence-electron chi connectivity index (χ3n) is 5.68. The Bertz CT molecular complexity index is 434. The van der Waals surface area contributed by atoms with Crippen LogP contribution in [0.1, 0.15) is 116 Å². The SMILES string of the molecule is CCCCCCCC/C=C\CCCCCCCC(=O)OCCC1CCC[N+]1=O. The van der Waals surface area contributed by atoms with Gasteiger partial charge >= 0.3 is 5.97 Å². The van der Waals surface area contributed by atoms with Gasteiger partial charge in [0.15, 0.2) is 6.54 Å². The molecule has 0 bridgehead atoms. The highest BCUT2D eigenvalue weighted by molar-refractivity contribution is 5.69. The van der Waals surface area contributed by atoms with Crippen molar-refractivity contribution in [1.29, 1.82) is 0 Å². The standard InChI is InChI=1S/C24H44NO3/c1-2-3-4-5-6-7-8-9-10-11-12-13-14-15-16-19-24(26)28-22-20-23-18-17-21-25(23)27/h9-10,23H,2-8,11-22H2,1H3/q+1/b10-9-. The van der Waals surface area contributed by atoms with Crippen LogP contribution in [-0.2, 0) is 9.53 Å². The minimum Gasteiger partial charge on any atom is -0.465 e. The van der Waals surface area contributed by atoms with Crippen LogP contribution in [0.4, 0.5) is 0 Å². The van der Waals surface area contributed by atoms with Crippen molar-refractivity contribution in [2.24, 2.45) is 0 Å². The summed E-state index contributed by atoms with van der Waals surface area (Å²) >= 11 is 0. The molecule has 4 heteroatoms. The largest absolute Gasteiger partial charge is 0.465 e. The van der Waals surface area contributed by atoms with Gasteiger partial charge < -0.3 is 4.74 Å². The summed E-state index contributed by atoms with van der Waals surface area (Å²) in [7, 11) is 0. The fraction of sp³-hybridized carbons (Fsp3) is 0.875. The molecule has 1 heterocycles. The molecule has 162 valence electrons. The molecule has 0 aromatic rings. The van der Waals surface area contributed by atoms with E-state index in [1.54, 1.807) is 0 Å². The van der Waals surface area contributed by atoms with Crippen LogP contribution in [0.5, 0.6) is 0 Å². The van der Waals surface area contributed by atoms with E-state index in [1.165, 1.54) is 70.6 Å². The molecule has 0 aliphatic carbocycles. The predicted molar refractivity (Wildman–Crippen MR) is 117 cm³/mol. The molecule has 4 nitrogen and oxygen atoms in total. The molecule has 0 spiro atoms. The fourth-order valence-electron chi connectivity index (χ4n) is 3.82. The molecule has 1 atom stereocenters. The van der Waals surface area contributed by atoms with E-state index < -0.39 is 0 Å². The molecule has 1 saturated heterocycles. The summed E-state index contributed by atoms with van der Waals surface area (Å²) in [5.74, 6) is -0.104. The molecule has 28 heavy (non-hydrogen) atoms. The second-order valence-electron chi connectivity index (χ2n) is 8.28. The zero-order valence-corrected chi connectivity index (χ0v) is 18.3. The number of hydrogen-bond donors (Lipinski definition) is 0. The van der Waals surface area contributed by atoms with Gasteiger partial charge in [0.05, 0.1) is 6.61 Å². The maximum absolute atomic E-state index is 11.7. The number of rotatable bonds is 18. The fourth-order valence-corrected chi connectivity index (χ4v) is 3.82. The number of hydrogen-bond acceptors (Lipinski definition) is 3. The molecule has 0 aromatic heterocycles. The van der Waals surface area contributed by atoms with Crippen LogP contribution < -0.4 is 0 Å². The maximum atomic E-state index is 11.7. The Hall–Kier alpha value is -1.19. The van der Waals surface area contributed by atoms with Crippen molar-refractivity contribution in [3.63, 3.8) is 0 Å². The second kappa shape index (κ2) is 17.9. The quantitative estimate of drug-likeness (QED) is 0.110. The van der Waals surface area contributed by atoms with Crippen LogP contribution in [0.3, 0.4) is 0 Å². The van der Waals surface area contributed by atoms with Crippen molar-refractivity contribution in [2.45, 2.75) is 122 Å². The first-order chi connectivity index (χ1) is 13.7. The lowest BCUT2D eigenvalue weighted by Gasteiger charge is -2.05. The second-order valence-corrected chi connectivity index (χ2v) is 8.28. The monoisotopic (exact) mass is 394 g/mol. The average molecular weight is 395 g/mol. The van der Waals surface area contributed by atoms with Crippen molar-refractivity contribution in [2.75, 3.05) is 13.2 Å². The third kappa shape index (κ3) is 13.9. The number of unbranched alkanes of at least 4 members (excludes halogenated alkanes) is 11. The first-order valence-corrected chi connectivity index (χ1v) is 12.0. The molecule has 0 radical (unpaired) electrons. The van der Waals surface area contributed by atoms with E-state index >= 15 is 0 Å². The highest BCUT2D eigenvalue weighted by atomic mass is 16.5. The summed E-state index contributed by atoms with van der Waals surface area (Å²) in [5, 5.41) is 0. The van der Waals surface area contributed by atoms with Crippen molar-refractivity contribution in [3.8, 4) is 0 Å². The van der Waals surface area contributed by atoms with Gasteiger partial charge in [-0.25, -0.2) is 0 Å². The first kappa shape index (κ1) is 24.8. The minimum atomic E-state index is -0.104. The lowest BCUT2D eigenvalue weighted by molar-refractivity contribution is -0.565. The van der Waals surface area contributed by atoms with Gasteiger partial charge in [-0.15, -0.1) is 0 Å². The highest BCUT2D eigenvalue weighted by Crippen LogP contribution is 2.15. The number of nitroso groups, excluding NO2 is 1. The average Bonchev–Trinajstić information content (AvgIpc) is 3.10. The van der Waals surface area contributed by atoms with Gasteiger partial charge in [-0.05, 0) is 32.1 Å². The zero-order chi connectivity index (χ0) is 20.3. The Kier molecular flexibility index (Phi) is 15.9. The van der Waals surface area contributed by atoms with Gasteiger partial charge in [0.25, 0.3) is 0 Å². The Balaban J connectivity index is 1.79. The maximum Gasteiger partial charge on any atom is 0.305 e. The normalized spacial score (nSPS) is 16.9. The van der Waals surface area contributed by atoms with Gasteiger partial charge in [-0.3, -0.25) is 4.79 Å². The van der Waals surface area contributed by atoms with E-state index in [-0.39, 0.29) is 12.0 Å². The number of allylic oxidation sites excluding steroid dienone is 2. The summed E-state index contributed by atoms with van der Waals surface area (Å²) in [6.07, 6.45) is 24.2. The summed E-state index contributed by atoms with van der Waals surface area (Å²) in [5.41, 5.74) is 0. The number of esters is 1. The van der Waals surface area contributed by atoms with Crippen LogP contribution in [0.15, 0.2) is 12.2 Å². The van der Waals surface area contributed by atoms with Gasteiger partial charge in [0, 0.05) is 35.4 Å². The molecule has 1 unspecified atom stereocenters. The van der Waals surface area contributed by atoms with E-state index in [9.17, 15) is 9.70 Å². The molecule has 0 aromatic carbocycles. The van der Waals surface area contributed by atoms with Crippen LogP contribution in [0.25, 0.3) is 0 Å². The molecule has 1 aliphatic rings. The van der Waals surface area contributed by atoms with Crippen LogP contribution in [0, 0.1) is 4.91 Å². The van der Waals surface area contributed by atoms with Crippen LogP contribution >= 0.6 is 0 Å². The summed E-state index contributed by atoms with van der Waals surface area (Å²) in [4.78, 5) is 23.2. The third-order valence-corrected chi connectivity index (χ3v) is 5.68. The van der Waals surface area contributed by atoms with E-state index in [0.717, 1.165) is 30.4 Å². The van der Waals surface area contributed by atoms with Crippen LogP contribution in [0.2, 0.25) is 0 Å². The number of carbonyl (C=O) groups is 1. The van der Waals surface area contributed by atoms with Gasteiger partial charge in [-0.1, -0.05) is 70.4 Å². The molecule has 1 aliphatic heterocycles. The van der Waals surface area contributed by atoms with Crippen molar-refractivity contribution < 1.29 is 14.3 Å². The van der Waals surface area contributed by atoms with Crippen molar-refractivity contribution in [3.05, 3.63) is 17.1 Å². The zero-order valence-electron chi connectivity index (χ0n) is 18.3. The van der Waals surface area contributed by atoms with E-state index in [1.807, 2.05) is 0 Å². The first-order valence-electron chi connectivity index (χ1n) is 12.0. The van der Waals surface area contributed by atoms with Crippen LogP contribution in [-0.4, -0.2) is 29.9 Å². The summed E-state index contributed by atoms with van der Waals surface area (Å²) in [6, 6.07) is 0.0626. The van der Waals surface area contributed by atoms with Gasteiger partial charge in [0.1, 0.15) is 0 Å². The molecular formula is C24H44NO3+. The van der Waals surface area contributed by atoms with Gasteiger partial charge in [0.2, 0.25) is 6.04 Å². The number of carbonyl (C=O) groups excluding carboxylic acids is 1. The summed E-state index contributed by atoms with van der Waals surface area (Å²) in [6.45, 7) is 3.29. The lowest BCUT2D eigenvalue weighted by Crippen LogP contribution is -2.19. The van der Waals surface area contributed by atoms with E-state index in [4.69, 9.17) is 4.74 Å². The lowest BCUT2D eigenvalue weighted by atomic mass is 10.1. The Morgan fingerprint density at radius 3 is 2.14 bits per heavy atom. The van der Waals surface area contributed by atoms with E-state index in [2.05, 4.69) is 19.1 Å². The Morgan fingerprint density at radius 2 is 1.54 bits per heavy atom. The smallest absolute Gasteiger partial charge is 0.305 e. The topological polar surface area (TPSA) is 46.4 Å². The number of ether oxygens (including phenoxy) is 1. The molecule has 0 saturated carbocycles. The minimum absolute atomic E-state index is 0.0626. The molecule has 0 N–H and O–H groups in total. The van der Waals surface area contributed by atoms with Crippen molar-refractivity contribution in [1.82, 2.24) is 0 Å². The predicted octanol–water partition coefficient (Wildman–Crippen LogP) is 6.90. The number of nitrogens with zero attached hydrogens (tertiary/aromatic N) is 1. The van der Waals surface area contributed by atoms with Crippen molar-refractivity contribution >= 4 is 5.97 Å². The highest BCUT2D eigenvalue weighted by Gasteiger charge is 2.31. The molecular weight excluding hydrogens is 350 g/mol. The summed E-state index contributed by atoms with van der Waals surface area (Å²) < 4.78 is 6.39. The molecule has 1 fully saturated rings. The van der Waals surface area contributed by atoms with Gasteiger partial charge in [-0.2, -0.15) is 0 Å². The molecule has 0 amide bonds. The molecule has 1 rings (SSSR count).